The number of amides is 4. The zero-order valence-electron chi connectivity index (χ0n) is 19.3. The van der Waals surface area contributed by atoms with Crippen molar-refractivity contribution in [3.8, 4) is 5.75 Å². The van der Waals surface area contributed by atoms with Gasteiger partial charge < -0.3 is 20.3 Å². The van der Waals surface area contributed by atoms with Gasteiger partial charge in [0, 0.05) is 19.5 Å². The summed E-state index contributed by atoms with van der Waals surface area (Å²) in [6, 6.07) is 6.70. The Balaban J connectivity index is 1.88. The van der Waals surface area contributed by atoms with Crippen LogP contribution in [0, 0.1) is 11.3 Å². The molecule has 9 heteroatoms. The van der Waals surface area contributed by atoms with E-state index in [1.807, 2.05) is 19.9 Å². The minimum atomic E-state index is -0.614. The largest absolute Gasteiger partial charge is 0.495 e. The van der Waals surface area contributed by atoms with Crippen molar-refractivity contribution in [2.75, 3.05) is 32.1 Å². The minimum absolute atomic E-state index is 0.158. The number of carbonyl (C=O) groups excluding carboxylic acids is 3. The molecule has 4 amide bonds. The molecule has 0 unspecified atom stereocenters. The van der Waals surface area contributed by atoms with Gasteiger partial charge in [-0.25, -0.2) is 10.3 Å². The van der Waals surface area contributed by atoms with Crippen LogP contribution in [-0.4, -0.2) is 54.7 Å². The van der Waals surface area contributed by atoms with Gasteiger partial charge in [0.05, 0.1) is 12.8 Å². The van der Waals surface area contributed by atoms with Crippen molar-refractivity contribution in [2.45, 2.75) is 52.4 Å². The highest BCUT2D eigenvalue weighted by atomic mass is 16.5. The number of hydroxylamine groups is 1. The quantitative estimate of drug-likeness (QED) is 0.306. The molecular weight excluding hydrogens is 412 g/mol. The number of rotatable bonds is 11. The molecule has 0 bridgehead atoms. The molecule has 32 heavy (non-hydrogen) atoms. The van der Waals surface area contributed by atoms with Crippen LogP contribution in [0.4, 0.5) is 10.5 Å². The molecule has 0 atom stereocenters. The van der Waals surface area contributed by atoms with Crippen LogP contribution in [0.2, 0.25) is 0 Å². The highest BCUT2D eigenvalue weighted by Crippen LogP contribution is 2.28. The number of benzene rings is 1. The fourth-order valence-corrected chi connectivity index (χ4v) is 3.96. The van der Waals surface area contributed by atoms with Crippen LogP contribution >= 0.6 is 0 Å². The van der Waals surface area contributed by atoms with Crippen molar-refractivity contribution in [3.05, 3.63) is 24.3 Å². The van der Waals surface area contributed by atoms with Crippen LogP contribution in [0.15, 0.2) is 24.3 Å². The molecule has 0 heterocycles. The van der Waals surface area contributed by atoms with Gasteiger partial charge in [-0.1, -0.05) is 51.7 Å². The lowest BCUT2D eigenvalue weighted by Crippen LogP contribution is -2.44. The van der Waals surface area contributed by atoms with Crippen molar-refractivity contribution < 1.29 is 24.3 Å². The molecule has 1 aromatic carbocycles. The fourth-order valence-electron chi connectivity index (χ4n) is 3.96. The standard InChI is InChI=1S/C23H36N4O5/c1-23(2,16-24-22(30)25-18-10-6-7-11-19(18)32-3)14-21(29)27(15-20(28)26-31)13-12-17-8-4-5-9-17/h6-7,10-11,17,31H,4-5,8-9,12-16H2,1-3H3,(H,26,28)(H2,24,25,30). The molecule has 0 aromatic heterocycles. The number of para-hydroxylation sites is 2. The average Bonchev–Trinajstić information content (AvgIpc) is 3.28. The molecule has 4 N–H and O–H groups in total. The van der Waals surface area contributed by atoms with Crippen LogP contribution < -0.4 is 20.9 Å². The van der Waals surface area contributed by atoms with E-state index in [9.17, 15) is 14.4 Å². The van der Waals surface area contributed by atoms with Crippen LogP contribution in [0.1, 0.15) is 52.4 Å². The second-order valence-corrected chi connectivity index (χ2v) is 9.14. The molecule has 9 nitrogen and oxygen atoms in total. The summed E-state index contributed by atoms with van der Waals surface area (Å²) >= 11 is 0. The third kappa shape index (κ3) is 8.37. The molecule has 1 aliphatic rings. The molecule has 1 aliphatic carbocycles. The van der Waals surface area contributed by atoms with Gasteiger partial charge in [-0.05, 0) is 29.9 Å². The minimum Gasteiger partial charge on any atom is -0.495 e. The van der Waals surface area contributed by atoms with Crippen LogP contribution in [0.5, 0.6) is 5.75 Å². The molecule has 0 aliphatic heterocycles. The molecule has 1 aromatic rings. The van der Waals surface area contributed by atoms with E-state index in [1.165, 1.54) is 24.9 Å². The SMILES string of the molecule is COc1ccccc1NC(=O)NCC(C)(C)CC(=O)N(CCC1CCCC1)CC(=O)NO. The second kappa shape index (κ2) is 12.3. The monoisotopic (exact) mass is 448 g/mol. The summed E-state index contributed by atoms with van der Waals surface area (Å²) in [7, 11) is 1.53. The predicted molar refractivity (Wildman–Crippen MR) is 121 cm³/mol. The first-order valence-corrected chi connectivity index (χ1v) is 11.1. The Bertz CT molecular complexity index is 777. The van der Waals surface area contributed by atoms with E-state index < -0.39 is 17.4 Å². The van der Waals surface area contributed by atoms with E-state index >= 15 is 0 Å². The molecular formula is C23H36N4O5. The molecule has 1 fully saturated rings. The Morgan fingerprint density at radius 1 is 1.19 bits per heavy atom. The normalized spacial score (nSPS) is 14.0. The number of anilines is 1. The topological polar surface area (TPSA) is 120 Å². The lowest BCUT2D eigenvalue weighted by molar-refractivity contribution is -0.140. The number of hydrogen-bond donors (Lipinski definition) is 4. The summed E-state index contributed by atoms with van der Waals surface area (Å²) in [5, 5.41) is 14.4. The second-order valence-electron chi connectivity index (χ2n) is 9.14. The Morgan fingerprint density at radius 3 is 2.53 bits per heavy atom. The highest BCUT2D eigenvalue weighted by molar-refractivity contribution is 5.91. The van der Waals surface area contributed by atoms with Gasteiger partial charge in [-0.2, -0.15) is 0 Å². The van der Waals surface area contributed by atoms with Gasteiger partial charge in [0.25, 0.3) is 5.91 Å². The van der Waals surface area contributed by atoms with E-state index in [0.29, 0.717) is 23.9 Å². The van der Waals surface area contributed by atoms with Crippen LogP contribution in [0.3, 0.4) is 0 Å². The van der Waals surface area contributed by atoms with E-state index in [0.717, 1.165) is 19.3 Å². The molecule has 0 saturated heterocycles. The van der Waals surface area contributed by atoms with Crippen LogP contribution in [-0.2, 0) is 9.59 Å². The molecule has 1 saturated carbocycles. The summed E-state index contributed by atoms with van der Waals surface area (Å²) in [5.41, 5.74) is 1.62. The molecule has 178 valence electrons. The zero-order valence-corrected chi connectivity index (χ0v) is 19.3. The number of methoxy groups -OCH3 is 1. The van der Waals surface area contributed by atoms with Crippen molar-refractivity contribution in [3.63, 3.8) is 0 Å². The van der Waals surface area contributed by atoms with E-state index in [4.69, 9.17) is 9.94 Å². The summed E-state index contributed by atoms with van der Waals surface area (Å²) in [5.74, 6) is 0.341. The van der Waals surface area contributed by atoms with Crippen molar-refractivity contribution >= 4 is 23.5 Å². The Kier molecular flexibility index (Phi) is 9.77. The summed E-state index contributed by atoms with van der Waals surface area (Å²) in [6.45, 7) is 4.34. The Morgan fingerprint density at radius 2 is 1.88 bits per heavy atom. The lowest BCUT2D eigenvalue weighted by Gasteiger charge is -2.29. The number of nitrogens with one attached hydrogen (secondary N) is 3. The van der Waals surface area contributed by atoms with Crippen molar-refractivity contribution in [2.24, 2.45) is 11.3 Å². The first-order chi connectivity index (χ1) is 15.2. The average molecular weight is 449 g/mol. The van der Waals surface area contributed by atoms with E-state index in [1.54, 1.807) is 23.7 Å². The van der Waals surface area contributed by atoms with E-state index in [-0.39, 0.29) is 25.4 Å². The maximum Gasteiger partial charge on any atom is 0.319 e. The van der Waals surface area contributed by atoms with Gasteiger partial charge in [-0.15, -0.1) is 0 Å². The van der Waals surface area contributed by atoms with Gasteiger partial charge in [0.15, 0.2) is 0 Å². The van der Waals surface area contributed by atoms with Crippen LogP contribution in [0.25, 0.3) is 0 Å². The van der Waals surface area contributed by atoms with Crippen molar-refractivity contribution in [1.82, 2.24) is 15.7 Å². The first kappa shape index (κ1) is 25.5. The third-order valence-corrected chi connectivity index (χ3v) is 5.81. The first-order valence-electron chi connectivity index (χ1n) is 11.1. The summed E-state index contributed by atoms with van der Waals surface area (Å²) in [6.07, 6.45) is 5.75. The van der Waals surface area contributed by atoms with Crippen molar-refractivity contribution in [1.29, 1.82) is 0 Å². The molecule has 0 spiro atoms. The summed E-state index contributed by atoms with van der Waals surface area (Å²) in [4.78, 5) is 38.5. The predicted octanol–water partition coefficient (Wildman–Crippen LogP) is 3.15. The maximum absolute atomic E-state index is 13.0. The van der Waals surface area contributed by atoms with E-state index in [2.05, 4.69) is 10.6 Å². The molecule has 0 radical (unpaired) electrons. The highest BCUT2D eigenvalue weighted by Gasteiger charge is 2.28. The number of carbonyl (C=O) groups is 3. The Hall–Kier alpha value is -2.81. The summed E-state index contributed by atoms with van der Waals surface area (Å²) < 4.78 is 5.23. The molecule has 2 rings (SSSR count). The third-order valence-electron chi connectivity index (χ3n) is 5.81. The maximum atomic E-state index is 13.0. The van der Waals surface area contributed by atoms with Gasteiger partial charge in [0.1, 0.15) is 12.3 Å². The number of hydrogen-bond acceptors (Lipinski definition) is 5. The zero-order chi connectivity index (χ0) is 23.6. The number of ether oxygens (including phenoxy) is 1. The number of urea groups is 1. The number of nitrogens with zero attached hydrogens (tertiary/aromatic N) is 1. The fraction of sp³-hybridized carbons (Fsp3) is 0.609. The van der Waals surface area contributed by atoms with Gasteiger partial charge in [-0.3, -0.25) is 14.8 Å². The van der Waals surface area contributed by atoms with Gasteiger partial charge in [0.2, 0.25) is 5.91 Å². The smallest absolute Gasteiger partial charge is 0.319 e. The lowest BCUT2D eigenvalue weighted by atomic mass is 9.88. The van der Waals surface area contributed by atoms with Gasteiger partial charge >= 0.3 is 6.03 Å². The Labute approximate surface area is 189 Å².